The highest BCUT2D eigenvalue weighted by molar-refractivity contribution is 5.98. The van der Waals surface area contributed by atoms with Gasteiger partial charge in [0.2, 0.25) is 11.9 Å². The smallest absolute Gasteiger partial charge is 0.254 e. The first-order valence-corrected chi connectivity index (χ1v) is 9.48. The van der Waals surface area contributed by atoms with Gasteiger partial charge in [-0.25, -0.2) is 4.98 Å². The second-order valence-corrected chi connectivity index (χ2v) is 7.62. The Morgan fingerprint density at radius 2 is 2.07 bits per heavy atom. The number of nitrogens with one attached hydrogen (secondary N) is 1. The molecule has 1 aromatic carbocycles. The van der Waals surface area contributed by atoms with E-state index >= 15 is 0 Å². The Morgan fingerprint density at radius 1 is 1.26 bits per heavy atom. The summed E-state index contributed by atoms with van der Waals surface area (Å²) in [6.45, 7) is 4.30. The van der Waals surface area contributed by atoms with Gasteiger partial charge in [0.05, 0.1) is 30.3 Å². The number of carbonyl (C=O) groups is 2. The summed E-state index contributed by atoms with van der Waals surface area (Å²) in [6, 6.07) is 5.84. The van der Waals surface area contributed by atoms with Crippen molar-refractivity contribution >= 4 is 28.8 Å². The number of likely N-dealkylation sites (tertiary alicyclic amines) is 1. The molecule has 2 aromatic rings. The van der Waals surface area contributed by atoms with E-state index in [0.717, 1.165) is 30.1 Å². The zero-order valence-corrected chi connectivity index (χ0v) is 15.4. The van der Waals surface area contributed by atoms with Crippen molar-refractivity contribution in [3.8, 4) is 0 Å². The monoisotopic (exact) mass is 369 g/mol. The Morgan fingerprint density at radius 3 is 2.85 bits per heavy atom. The molecule has 0 unspecified atom stereocenters. The molecule has 8 heteroatoms. The minimum absolute atomic E-state index is 0.0131. The summed E-state index contributed by atoms with van der Waals surface area (Å²) in [4.78, 5) is 33.3. The van der Waals surface area contributed by atoms with Crippen LogP contribution < -0.4 is 10.2 Å². The van der Waals surface area contributed by atoms with Gasteiger partial charge >= 0.3 is 0 Å². The number of morpholine rings is 1. The van der Waals surface area contributed by atoms with E-state index in [0.29, 0.717) is 38.3 Å². The molecule has 1 aromatic heterocycles. The van der Waals surface area contributed by atoms with Crippen molar-refractivity contribution in [2.24, 2.45) is 13.0 Å². The SMILES string of the molecule is Cn1c(N2CCOCC2)nc2cc(C(=O)N3C[C@@H]4CC(=O)N[C@@H]4C3)ccc21. The Bertz CT molecular complexity index is 901. The Hall–Kier alpha value is -2.61. The van der Waals surface area contributed by atoms with Crippen LogP contribution in [0.4, 0.5) is 5.95 Å². The summed E-state index contributed by atoms with van der Waals surface area (Å²) in [5.74, 6) is 1.27. The predicted octanol–water partition coefficient (Wildman–Crippen LogP) is 0.370. The molecule has 0 saturated carbocycles. The number of nitrogens with zero attached hydrogens (tertiary/aromatic N) is 4. The molecule has 0 bridgehead atoms. The number of anilines is 1. The third-order valence-corrected chi connectivity index (χ3v) is 5.92. The molecule has 0 aliphatic carbocycles. The Kier molecular flexibility index (Phi) is 3.82. The third kappa shape index (κ3) is 2.75. The van der Waals surface area contributed by atoms with E-state index in [2.05, 4.69) is 14.8 Å². The van der Waals surface area contributed by atoms with E-state index in [1.54, 1.807) is 0 Å². The number of hydrogen-bond donors (Lipinski definition) is 1. The molecule has 8 nitrogen and oxygen atoms in total. The Labute approximate surface area is 157 Å². The van der Waals surface area contributed by atoms with Crippen LogP contribution in [0.15, 0.2) is 18.2 Å². The van der Waals surface area contributed by atoms with Crippen molar-refractivity contribution in [1.82, 2.24) is 19.8 Å². The summed E-state index contributed by atoms with van der Waals surface area (Å²) < 4.78 is 7.50. The summed E-state index contributed by atoms with van der Waals surface area (Å²) in [5, 5.41) is 2.96. The average molecular weight is 369 g/mol. The molecule has 27 heavy (non-hydrogen) atoms. The number of aryl methyl sites for hydroxylation is 1. The number of fused-ring (bicyclic) bond motifs is 2. The van der Waals surface area contributed by atoms with Crippen LogP contribution in [-0.2, 0) is 16.6 Å². The maximum atomic E-state index is 12.9. The molecule has 3 saturated heterocycles. The normalized spacial score (nSPS) is 25.1. The first-order chi connectivity index (χ1) is 13.1. The molecule has 0 radical (unpaired) electrons. The fourth-order valence-electron chi connectivity index (χ4n) is 4.46. The number of imidazole rings is 1. The molecule has 1 N–H and O–H groups in total. The van der Waals surface area contributed by atoms with Crippen LogP contribution in [0.25, 0.3) is 11.0 Å². The van der Waals surface area contributed by atoms with Gasteiger partial charge in [-0.3, -0.25) is 9.59 Å². The highest BCUT2D eigenvalue weighted by Crippen LogP contribution is 2.28. The highest BCUT2D eigenvalue weighted by Gasteiger charge is 2.41. The quantitative estimate of drug-likeness (QED) is 0.827. The second kappa shape index (κ2) is 6.23. The zero-order chi connectivity index (χ0) is 18.5. The fourth-order valence-corrected chi connectivity index (χ4v) is 4.46. The molecule has 142 valence electrons. The van der Waals surface area contributed by atoms with Gasteiger partial charge in [0, 0.05) is 51.1 Å². The number of hydrogen-bond acceptors (Lipinski definition) is 5. The maximum Gasteiger partial charge on any atom is 0.254 e. The molecule has 3 aliphatic heterocycles. The molecular formula is C19H23N5O3. The van der Waals surface area contributed by atoms with E-state index in [4.69, 9.17) is 9.72 Å². The van der Waals surface area contributed by atoms with Crippen molar-refractivity contribution in [3.63, 3.8) is 0 Å². The molecule has 3 fully saturated rings. The lowest BCUT2D eigenvalue weighted by atomic mass is 10.1. The molecular weight excluding hydrogens is 346 g/mol. The number of benzene rings is 1. The van der Waals surface area contributed by atoms with E-state index in [-0.39, 0.29) is 23.8 Å². The lowest BCUT2D eigenvalue weighted by molar-refractivity contribution is -0.119. The molecule has 5 rings (SSSR count). The van der Waals surface area contributed by atoms with E-state index in [1.165, 1.54) is 0 Å². The van der Waals surface area contributed by atoms with Crippen molar-refractivity contribution in [2.75, 3.05) is 44.3 Å². The largest absolute Gasteiger partial charge is 0.378 e. The van der Waals surface area contributed by atoms with Gasteiger partial charge in [-0.1, -0.05) is 0 Å². The maximum absolute atomic E-state index is 12.9. The van der Waals surface area contributed by atoms with Gasteiger partial charge in [-0.15, -0.1) is 0 Å². The lowest BCUT2D eigenvalue weighted by Crippen LogP contribution is -2.37. The summed E-state index contributed by atoms with van der Waals surface area (Å²) in [7, 11) is 2.01. The van der Waals surface area contributed by atoms with Crippen LogP contribution in [0.5, 0.6) is 0 Å². The minimum Gasteiger partial charge on any atom is -0.378 e. The minimum atomic E-state index is 0.0131. The standard InChI is InChI=1S/C19H23N5O3/c1-22-16-3-2-12(8-14(16)21-19(22)23-4-6-27-7-5-23)18(26)24-10-13-9-17(25)20-15(13)11-24/h2-3,8,13,15H,4-7,9-11H2,1H3,(H,20,25)/t13-,15+/m0/s1. The van der Waals surface area contributed by atoms with Gasteiger partial charge in [-0.2, -0.15) is 0 Å². The first-order valence-electron chi connectivity index (χ1n) is 9.48. The van der Waals surface area contributed by atoms with Crippen LogP contribution in [0, 0.1) is 5.92 Å². The summed E-state index contributed by atoms with van der Waals surface area (Å²) in [6.07, 6.45) is 0.524. The Balaban J connectivity index is 1.39. The fraction of sp³-hybridized carbons (Fsp3) is 0.526. The molecule has 3 aliphatic rings. The number of rotatable bonds is 2. The average Bonchev–Trinajstić information content (AvgIpc) is 3.32. The van der Waals surface area contributed by atoms with Crippen LogP contribution in [0.1, 0.15) is 16.8 Å². The van der Waals surface area contributed by atoms with Gasteiger partial charge in [0.25, 0.3) is 5.91 Å². The van der Waals surface area contributed by atoms with Crippen molar-refractivity contribution in [2.45, 2.75) is 12.5 Å². The number of carbonyl (C=O) groups excluding carboxylic acids is 2. The van der Waals surface area contributed by atoms with E-state index < -0.39 is 0 Å². The zero-order valence-electron chi connectivity index (χ0n) is 15.4. The van der Waals surface area contributed by atoms with Crippen molar-refractivity contribution < 1.29 is 14.3 Å². The number of amides is 2. The molecule has 0 spiro atoms. The van der Waals surface area contributed by atoms with Gasteiger partial charge in [0.1, 0.15) is 0 Å². The van der Waals surface area contributed by atoms with Gasteiger partial charge in [0.15, 0.2) is 0 Å². The summed E-state index contributed by atoms with van der Waals surface area (Å²) in [5.41, 5.74) is 2.50. The highest BCUT2D eigenvalue weighted by atomic mass is 16.5. The van der Waals surface area contributed by atoms with Crippen molar-refractivity contribution in [3.05, 3.63) is 23.8 Å². The topological polar surface area (TPSA) is 79.7 Å². The predicted molar refractivity (Wildman–Crippen MR) is 99.7 cm³/mol. The first kappa shape index (κ1) is 16.6. The van der Waals surface area contributed by atoms with E-state index in [9.17, 15) is 9.59 Å². The second-order valence-electron chi connectivity index (χ2n) is 7.62. The molecule has 2 amide bonds. The van der Waals surface area contributed by atoms with Crippen molar-refractivity contribution in [1.29, 1.82) is 0 Å². The third-order valence-electron chi connectivity index (χ3n) is 5.92. The van der Waals surface area contributed by atoms with Gasteiger partial charge in [-0.05, 0) is 18.2 Å². The van der Waals surface area contributed by atoms with Crippen LogP contribution in [-0.4, -0.2) is 71.7 Å². The molecule has 2 atom stereocenters. The van der Waals surface area contributed by atoms with Crippen LogP contribution in [0.2, 0.25) is 0 Å². The van der Waals surface area contributed by atoms with Crippen LogP contribution >= 0.6 is 0 Å². The lowest BCUT2D eigenvalue weighted by Gasteiger charge is -2.27. The van der Waals surface area contributed by atoms with Crippen LogP contribution in [0.3, 0.4) is 0 Å². The summed E-state index contributed by atoms with van der Waals surface area (Å²) >= 11 is 0. The number of aromatic nitrogens is 2. The van der Waals surface area contributed by atoms with E-state index in [1.807, 2.05) is 30.1 Å². The molecule has 4 heterocycles. The van der Waals surface area contributed by atoms with Gasteiger partial charge < -0.3 is 24.4 Å². The number of ether oxygens (including phenoxy) is 1.